The number of rotatable bonds is 3. The van der Waals surface area contributed by atoms with Crippen LogP contribution < -0.4 is 10.6 Å². The highest BCUT2D eigenvalue weighted by molar-refractivity contribution is 5.82. The summed E-state index contributed by atoms with van der Waals surface area (Å²) >= 11 is 0. The van der Waals surface area contributed by atoms with Crippen molar-refractivity contribution in [1.82, 2.24) is 10.6 Å². The van der Waals surface area contributed by atoms with Gasteiger partial charge in [-0.25, -0.2) is 0 Å². The molecule has 0 aromatic heterocycles. The van der Waals surface area contributed by atoms with Crippen LogP contribution in [0.4, 0.5) is 0 Å². The summed E-state index contributed by atoms with van der Waals surface area (Å²) in [4.78, 5) is 12.1. The zero-order valence-electron chi connectivity index (χ0n) is 11.0. The maximum Gasteiger partial charge on any atom is 0.237 e. The highest BCUT2D eigenvalue weighted by atomic mass is 16.2. The number of carbonyl (C=O) groups excluding carboxylic acids is 1. The van der Waals surface area contributed by atoms with Crippen molar-refractivity contribution in [3.05, 3.63) is 0 Å². The van der Waals surface area contributed by atoms with E-state index in [1.54, 1.807) is 0 Å². The molecule has 0 aromatic rings. The number of nitrogens with one attached hydrogen (secondary N) is 2. The fourth-order valence-corrected chi connectivity index (χ4v) is 3.15. The van der Waals surface area contributed by atoms with Crippen LogP contribution in [0.3, 0.4) is 0 Å². The summed E-state index contributed by atoms with van der Waals surface area (Å²) in [5.41, 5.74) is 0. The molecule has 1 aliphatic carbocycles. The molecule has 0 aromatic carbocycles. The van der Waals surface area contributed by atoms with Crippen LogP contribution in [-0.4, -0.2) is 24.5 Å². The number of carbonyl (C=O) groups is 1. The van der Waals surface area contributed by atoms with Gasteiger partial charge in [0.25, 0.3) is 0 Å². The quantitative estimate of drug-likeness (QED) is 0.791. The first-order chi connectivity index (χ1) is 8.27. The largest absolute Gasteiger partial charge is 0.352 e. The minimum atomic E-state index is 0.0646. The van der Waals surface area contributed by atoms with Crippen LogP contribution in [-0.2, 0) is 4.79 Å². The molecule has 1 saturated carbocycles. The Kier molecular flexibility index (Phi) is 4.84. The van der Waals surface area contributed by atoms with E-state index in [-0.39, 0.29) is 11.9 Å². The van der Waals surface area contributed by atoms with E-state index in [0.717, 1.165) is 13.0 Å². The molecule has 1 amide bonds. The van der Waals surface area contributed by atoms with Gasteiger partial charge in [-0.15, -0.1) is 0 Å². The van der Waals surface area contributed by atoms with Gasteiger partial charge in [-0.05, 0) is 45.1 Å². The lowest BCUT2D eigenvalue weighted by Crippen LogP contribution is -2.50. The van der Waals surface area contributed by atoms with Crippen molar-refractivity contribution in [1.29, 1.82) is 0 Å². The van der Waals surface area contributed by atoms with Gasteiger partial charge < -0.3 is 10.6 Å². The van der Waals surface area contributed by atoms with Crippen LogP contribution >= 0.6 is 0 Å². The molecular weight excluding hydrogens is 212 g/mol. The average Bonchev–Trinajstić information content (AvgIpc) is 2.40. The molecule has 2 aliphatic rings. The number of amides is 1. The molecule has 1 aliphatic heterocycles. The molecule has 2 atom stereocenters. The van der Waals surface area contributed by atoms with Gasteiger partial charge in [-0.2, -0.15) is 0 Å². The molecule has 0 bridgehead atoms. The third kappa shape index (κ3) is 3.70. The predicted molar refractivity (Wildman–Crippen MR) is 69.8 cm³/mol. The maximum atomic E-state index is 12.1. The van der Waals surface area contributed by atoms with Crippen molar-refractivity contribution < 1.29 is 4.79 Å². The van der Waals surface area contributed by atoms with Gasteiger partial charge in [-0.1, -0.05) is 25.7 Å². The first-order valence-electron chi connectivity index (χ1n) is 7.31. The van der Waals surface area contributed by atoms with Crippen LogP contribution in [0.15, 0.2) is 0 Å². The smallest absolute Gasteiger partial charge is 0.237 e. The normalized spacial score (nSPS) is 28.6. The topological polar surface area (TPSA) is 41.1 Å². The Morgan fingerprint density at radius 2 is 1.82 bits per heavy atom. The summed E-state index contributed by atoms with van der Waals surface area (Å²) in [5, 5.41) is 6.53. The lowest BCUT2D eigenvalue weighted by Gasteiger charge is -2.30. The van der Waals surface area contributed by atoms with E-state index in [4.69, 9.17) is 0 Å². The lowest BCUT2D eigenvalue weighted by molar-refractivity contribution is -0.124. The Balaban J connectivity index is 1.76. The highest BCUT2D eigenvalue weighted by Crippen LogP contribution is 2.26. The van der Waals surface area contributed by atoms with Gasteiger partial charge in [0.2, 0.25) is 5.91 Å². The number of piperidine rings is 1. The fourth-order valence-electron chi connectivity index (χ4n) is 3.15. The summed E-state index contributed by atoms with van der Waals surface area (Å²) in [5.74, 6) is 0.930. The Morgan fingerprint density at radius 1 is 1.12 bits per heavy atom. The van der Waals surface area contributed by atoms with Crippen molar-refractivity contribution >= 4 is 5.91 Å². The molecule has 0 spiro atoms. The molecule has 0 unspecified atom stereocenters. The maximum absolute atomic E-state index is 12.1. The van der Waals surface area contributed by atoms with Crippen molar-refractivity contribution in [3.8, 4) is 0 Å². The van der Waals surface area contributed by atoms with E-state index < -0.39 is 0 Å². The van der Waals surface area contributed by atoms with Gasteiger partial charge in [-0.3, -0.25) is 4.79 Å². The molecular formula is C14H26N2O. The second-order valence-corrected chi connectivity index (χ2v) is 5.70. The van der Waals surface area contributed by atoms with Gasteiger partial charge >= 0.3 is 0 Å². The predicted octanol–water partition coefficient (Wildman–Crippen LogP) is 2.21. The zero-order valence-corrected chi connectivity index (χ0v) is 11.0. The molecule has 17 heavy (non-hydrogen) atoms. The second-order valence-electron chi connectivity index (χ2n) is 5.70. The van der Waals surface area contributed by atoms with Crippen LogP contribution in [0, 0.1) is 5.92 Å². The van der Waals surface area contributed by atoms with Gasteiger partial charge in [0.15, 0.2) is 0 Å². The summed E-state index contributed by atoms with van der Waals surface area (Å²) in [6.45, 7) is 3.17. The summed E-state index contributed by atoms with van der Waals surface area (Å²) in [7, 11) is 0. The van der Waals surface area contributed by atoms with E-state index in [0.29, 0.717) is 12.0 Å². The van der Waals surface area contributed by atoms with Crippen LogP contribution in [0.2, 0.25) is 0 Å². The van der Waals surface area contributed by atoms with Gasteiger partial charge in [0.1, 0.15) is 0 Å². The van der Waals surface area contributed by atoms with Crippen LogP contribution in [0.1, 0.15) is 58.3 Å². The van der Waals surface area contributed by atoms with E-state index in [2.05, 4.69) is 17.6 Å². The molecule has 0 radical (unpaired) electrons. The monoisotopic (exact) mass is 238 g/mol. The van der Waals surface area contributed by atoms with Gasteiger partial charge in [0, 0.05) is 6.04 Å². The van der Waals surface area contributed by atoms with Crippen LogP contribution in [0.25, 0.3) is 0 Å². The van der Waals surface area contributed by atoms with Crippen molar-refractivity contribution in [2.45, 2.75) is 70.4 Å². The minimum absolute atomic E-state index is 0.0646. The molecule has 1 saturated heterocycles. The van der Waals surface area contributed by atoms with Crippen molar-refractivity contribution in [2.75, 3.05) is 6.54 Å². The van der Waals surface area contributed by atoms with Crippen molar-refractivity contribution in [3.63, 3.8) is 0 Å². The molecule has 1 heterocycles. The summed E-state index contributed by atoms with van der Waals surface area (Å²) < 4.78 is 0. The molecule has 2 fully saturated rings. The fraction of sp³-hybridized carbons (Fsp3) is 0.929. The Bertz CT molecular complexity index is 243. The number of hydrogen-bond donors (Lipinski definition) is 2. The highest BCUT2D eigenvalue weighted by Gasteiger charge is 2.25. The minimum Gasteiger partial charge on any atom is -0.352 e. The zero-order chi connectivity index (χ0) is 12.1. The standard InChI is InChI=1S/C14H26N2O/c1-11(12-7-3-2-4-8-12)16-14(17)13-9-5-6-10-15-13/h11-13,15H,2-10H2,1H3,(H,16,17)/t11-,13-/m0/s1. The van der Waals surface area contributed by atoms with E-state index in [9.17, 15) is 4.79 Å². The third-order valence-corrected chi connectivity index (χ3v) is 4.35. The Morgan fingerprint density at radius 3 is 2.47 bits per heavy atom. The third-order valence-electron chi connectivity index (χ3n) is 4.35. The first kappa shape index (κ1) is 12.9. The molecule has 3 heteroatoms. The summed E-state index contributed by atoms with van der Waals surface area (Å²) in [6, 6.07) is 0.418. The first-order valence-corrected chi connectivity index (χ1v) is 7.31. The van der Waals surface area contributed by atoms with E-state index in [1.807, 2.05) is 0 Å². The second kappa shape index (κ2) is 6.39. The lowest BCUT2D eigenvalue weighted by atomic mass is 9.84. The average molecular weight is 238 g/mol. The van der Waals surface area contributed by atoms with E-state index >= 15 is 0 Å². The Hall–Kier alpha value is -0.570. The van der Waals surface area contributed by atoms with E-state index in [1.165, 1.54) is 44.9 Å². The Labute approximate surface area is 105 Å². The summed E-state index contributed by atoms with van der Waals surface area (Å²) in [6.07, 6.45) is 10.0. The SMILES string of the molecule is C[C@H](NC(=O)[C@@H]1CCCCN1)C1CCCCC1. The molecule has 2 N–H and O–H groups in total. The van der Waals surface area contributed by atoms with Crippen LogP contribution in [0.5, 0.6) is 0 Å². The molecule has 3 nitrogen and oxygen atoms in total. The molecule has 2 rings (SSSR count). The van der Waals surface area contributed by atoms with Crippen molar-refractivity contribution in [2.24, 2.45) is 5.92 Å². The molecule has 98 valence electrons. The number of hydrogen-bond acceptors (Lipinski definition) is 2. The van der Waals surface area contributed by atoms with Gasteiger partial charge in [0.05, 0.1) is 6.04 Å².